The summed E-state index contributed by atoms with van der Waals surface area (Å²) >= 11 is 0. The number of hydrogen-bond acceptors (Lipinski definition) is 4. The summed E-state index contributed by atoms with van der Waals surface area (Å²) in [6, 6.07) is 15.3. The monoisotopic (exact) mass is 321 g/mol. The molecule has 3 rings (SSSR count). The van der Waals surface area contributed by atoms with Crippen LogP contribution in [0.15, 0.2) is 42.5 Å². The standard InChI is InChI=1S/C19H19N3O2/c1-3-22-17-10-14(24-2)7-8-15(17)16(11-20)18(22)12-5-4-6-13(9-12)19(21)23/h4-10,16,18H,3H2,1-2H3,(H2,21,23). The number of nitrogens with two attached hydrogens (primary N) is 1. The largest absolute Gasteiger partial charge is 0.497 e. The maximum Gasteiger partial charge on any atom is 0.248 e. The predicted molar refractivity (Wildman–Crippen MR) is 92.1 cm³/mol. The van der Waals surface area contributed by atoms with Crippen LogP contribution in [0.4, 0.5) is 5.69 Å². The molecule has 0 aliphatic carbocycles. The van der Waals surface area contributed by atoms with Crippen molar-refractivity contribution in [3.63, 3.8) is 0 Å². The van der Waals surface area contributed by atoms with Gasteiger partial charge in [-0.15, -0.1) is 0 Å². The van der Waals surface area contributed by atoms with Crippen molar-refractivity contribution in [1.82, 2.24) is 0 Å². The van der Waals surface area contributed by atoms with Gasteiger partial charge in [-0.1, -0.05) is 18.2 Å². The zero-order valence-corrected chi connectivity index (χ0v) is 13.7. The van der Waals surface area contributed by atoms with E-state index in [1.54, 1.807) is 25.3 Å². The number of methoxy groups -OCH3 is 1. The van der Waals surface area contributed by atoms with Gasteiger partial charge < -0.3 is 15.4 Å². The van der Waals surface area contributed by atoms with E-state index in [2.05, 4.69) is 11.0 Å². The lowest BCUT2D eigenvalue weighted by Crippen LogP contribution is -2.26. The number of amides is 1. The number of likely N-dealkylation sites (N-methyl/N-ethyl adjacent to an activating group) is 1. The molecular weight excluding hydrogens is 302 g/mol. The lowest BCUT2D eigenvalue weighted by atomic mass is 9.90. The van der Waals surface area contributed by atoms with E-state index in [1.165, 1.54) is 0 Å². The SMILES string of the molecule is CCN1c2cc(OC)ccc2C(C#N)C1c1cccc(C(N)=O)c1. The highest BCUT2D eigenvalue weighted by Gasteiger charge is 2.39. The first-order chi connectivity index (χ1) is 11.6. The van der Waals surface area contributed by atoms with Gasteiger partial charge in [-0.25, -0.2) is 0 Å². The van der Waals surface area contributed by atoms with Crippen molar-refractivity contribution in [2.75, 3.05) is 18.6 Å². The highest BCUT2D eigenvalue weighted by atomic mass is 16.5. The van der Waals surface area contributed by atoms with Crippen molar-refractivity contribution in [2.24, 2.45) is 5.73 Å². The van der Waals surface area contributed by atoms with Crippen molar-refractivity contribution >= 4 is 11.6 Å². The predicted octanol–water partition coefficient (Wildman–Crippen LogP) is 2.98. The Morgan fingerprint density at radius 1 is 1.33 bits per heavy atom. The van der Waals surface area contributed by atoms with Crippen molar-refractivity contribution < 1.29 is 9.53 Å². The molecule has 0 fully saturated rings. The Bertz CT molecular complexity index is 826. The zero-order chi connectivity index (χ0) is 17.3. The van der Waals surface area contributed by atoms with Crippen LogP contribution in [0, 0.1) is 11.3 Å². The highest BCUT2D eigenvalue weighted by Crippen LogP contribution is 2.49. The summed E-state index contributed by atoms with van der Waals surface area (Å²) in [6.07, 6.45) is 0. The highest BCUT2D eigenvalue weighted by molar-refractivity contribution is 5.93. The van der Waals surface area contributed by atoms with E-state index in [0.717, 1.165) is 29.1 Å². The van der Waals surface area contributed by atoms with Crippen molar-refractivity contribution in [3.05, 3.63) is 59.2 Å². The summed E-state index contributed by atoms with van der Waals surface area (Å²) < 4.78 is 5.32. The number of primary amides is 1. The Labute approximate surface area is 141 Å². The summed E-state index contributed by atoms with van der Waals surface area (Å²) in [6.45, 7) is 2.79. The van der Waals surface area contributed by atoms with Gasteiger partial charge in [0.05, 0.1) is 25.1 Å². The molecule has 24 heavy (non-hydrogen) atoms. The van der Waals surface area contributed by atoms with Gasteiger partial charge in [0, 0.05) is 23.9 Å². The molecule has 2 N–H and O–H groups in total. The minimum atomic E-state index is -0.467. The van der Waals surface area contributed by atoms with E-state index in [0.29, 0.717) is 5.56 Å². The quantitative estimate of drug-likeness (QED) is 0.939. The van der Waals surface area contributed by atoms with E-state index in [9.17, 15) is 10.1 Å². The molecule has 5 nitrogen and oxygen atoms in total. The van der Waals surface area contributed by atoms with Crippen LogP contribution >= 0.6 is 0 Å². The fraction of sp³-hybridized carbons (Fsp3) is 0.263. The molecule has 2 unspecified atom stereocenters. The van der Waals surface area contributed by atoms with Crippen LogP contribution < -0.4 is 15.4 Å². The van der Waals surface area contributed by atoms with Crippen LogP contribution in [0.25, 0.3) is 0 Å². The van der Waals surface area contributed by atoms with Crippen molar-refractivity contribution in [2.45, 2.75) is 18.9 Å². The third-order valence-electron chi connectivity index (χ3n) is 4.53. The van der Waals surface area contributed by atoms with Crippen LogP contribution in [-0.2, 0) is 0 Å². The number of anilines is 1. The van der Waals surface area contributed by atoms with Crippen LogP contribution in [0.1, 0.15) is 40.4 Å². The Morgan fingerprint density at radius 3 is 2.75 bits per heavy atom. The zero-order valence-electron chi connectivity index (χ0n) is 13.7. The van der Waals surface area contributed by atoms with E-state index in [4.69, 9.17) is 10.5 Å². The number of nitriles is 1. The molecule has 0 saturated carbocycles. The summed E-state index contributed by atoms with van der Waals surface area (Å²) in [4.78, 5) is 13.7. The first kappa shape index (κ1) is 15.9. The van der Waals surface area contributed by atoms with E-state index < -0.39 is 5.91 Å². The van der Waals surface area contributed by atoms with Gasteiger partial charge in [0.25, 0.3) is 0 Å². The second-order valence-corrected chi connectivity index (χ2v) is 5.75. The van der Waals surface area contributed by atoms with E-state index in [1.807, 2.05) is 31.2 Å². The molecule has 2 aromatic rings. The average molecular weight is 321 g/mol. The van der Waals surface area contributed by atoms with Crippen LogP contribution in [0.5, 0.6) is 5.75 Å². The van der Waals surface area contributed by atoms with E-state index >= 15 is 0 Å². The van der Waals surface area contributed by atoms with Gasteiger partial charge in [0.1, 0.15) is 5.75 Å². The Morgan fingerprint density at radius 2 is 2.12 bits per heavy atom. The maximum absolute atomic E-state index is 11.5. The first-order valence-electron chi connectivity index (χ1n) is 7.84. The second-order valence-electron chi connectivity index (χ2n) is 5.75. The van der Waals surface area contributed by atoms with Crippen LogP contribution in [-0.4, -0.2) is 19.6 Å². The lowest BCUT2D eigenvalue weighted by Gasteiger charge is -2.28. The molecule has 0 bridgehead atoms. The van der Waals surface area contributed by atoms with Gasteiger partial charge in [-0.2, -0.15) is 5.26 Å². The smallest absolute Gasteiger partial charge is 0.248 e. The third kappa shape index (κ3) is 2.46. The van der Waals surface area contributed by atoms with Gasteiger partial charge in [0.15, 0.2) is 0 Å². The Hall–Kier alpha value is -3.00. The fourth-order valence-corrected chi connectivity index (χ4v) is 3.42. The molecule has 0 aromatic heterocycles. The van der Waals surface area contributed by atoms with Crippen LogP contribution in [0.3, 0.4) is 0 Å². The average Bonchev–Trinajstić information content (AvgIpc) is 2.94. The first-order valence-corrected chi connectivity index (χ1v) is 7.84. The number of benzene rings is 2. The molecule has 1 aliphatic heterocycles. The van der Waals surface area contributed by atoms with Crippen molar-refractivity contribution in [1.29, 1.82) is 5.26 Å². The number of fused-ring (bicyclic) bond motifs is 1. The van der Waals surface area contributed by atoms with E-state index in [-0.39, 0.29) is 12.0 Å². The summed E-state index contributed by atoms with van der Waals surface area (Å²) in [7, 11) is 1.63. The topological polar surface area (TPSA) is 79.3 Å². The number of ether oxygens (including phenoxy) is 1. The molecule has 2 atom stereocenters. The molecule has 1 amide bonds. The fourth-order valence-electron chi connectivity index (χ4n) is 3.42. The second kappa shape index (κ2) is 6.25. The van der Waals surface area contributed by atoms with Crippen molar-refractivity contribution in [3.8, 4) is 11.8 Å². The third-order valence-corrected chi connectivity index (χ3v) is 4.53. The minimum absolute atomic E-state index is 0.151. The number of nitrogens with zero attached hydrogens (tertiary/aromatic N) is 2. The Balaban J connectivity index is 2.12. The Kier molecular flexibility index (Phi) is 4.13. The number of carbonyl (C=O) groups excluding carboxylic acids is 1. The maximum atomic E-state index is 11.5. The lowest BCUT2D eigenvalue weighted by molar-refractivity contribution is 0.1000. The molecule has 1 heterocycles. The number of carbonyl (C=O) groups is 1. The molecule has 0 spiro atoms. The normalized spacial score (nSPS) is 18.8. The molecular formula is C19H19N3O2. The minimum Gasteiger partial charge on any atom is -0.497 e. The summed E-state index contributed by atoms with van der Waals surface area (Å²) in [5.74, 6) is -0.0185. The molecule has 5 heteroatoms. The molecule has 0 radical (unpaired) electrons. The van der Waals surface area contributed by atoms with Gasteiger partial charge in [-0.05, 0) is 36.2 Å². The van der Waals surface area contributed by atoms with Gasteiger partial charge in [0.2, 0.25) is 5.91 Å². The summed E-state index contributed by atoms with van der Waals surface area (Å²) in [5, 5.41) is 9.76. The number of hydrogen-bond donors (Lipinski definition) is 1. The molecule has 1 aliphatic rings. The number of rotatable bonds is 4. The molecule has 2 aromatic carbocycles. The van der Waals surface area contributed by atoms with Gasteiger partial charge >= 0.3 is 0 Å². The molecule has 0 saturated heterocycles. The molecule has 122 valence electrons. The van der Waals surface area contributed by atoms with Gasteiger partial charge in [-0.3, -0.25) is 4.79 Å². The summed E-state index contributed by atoms with van der Waals surface area (Å²) in [5.41, 5.74) is 8.75. The van der Waals surface area contributed by atoms with Crippen LogP contribution in [0.2, 0.25) is 0 Å².